The van der Waals surface area contributed by atoms with Gasteiger partial charge in [0.1, 0.15) is 11.6 Å². The van der Waals surface area contributed by atoms with Gasteiger partial charge in [-0.2, -0.15) is 0 Å². The number of H-pyrrole nitrogens is 1. The molecule has 9 nitrogen and oxygen atoms in total. The van der Waals surface area contributed by atoms with Crippen LogP contribution >= 0.6 is 0 Å². The van der Waals surface area contributed by atoms with Crippen LogP contribution in [0.15, 0.2) is 49.1 Å². The Labute approximate surface area is 259 Å². The predicted molar refractivity (Wildman–Crippen MR) is 173 cm³/mol. The van der Waals surface area contributed by atoms with Gasteiger partial charge in [-0.15, -0.1) is 0 Å². The number of hydrogen-bond acceptors (Lipinski definition) is 7. The lowest BCUT2D eigenvalue weighted by molar-refractivity contribution is -0.144. The summed E-state index contributed by atoms with van der Waals surface area (Å²) in [5, 5.41) is 0. The molecule has 0 saturated heterocycles. The first-order valence-electron chi connectivity index (χ1n) is 16.4. The van der Waals surface area contributed by atoms with E-state index in [1.54, 1.807) is 6.20 Å². The molecule has 3 rings (SSSR count). The molecule has 0 spiro atoms. The van der Waals surface area contributed by atoms with E-state index in [0.717, 1.165) is 76.7 Å². The van der Waals surface area contributed by atoms with Crippen LogP contribution in [-0.2, 0) is 42.8 Å². The Hall–Kier alpha value is -3.01. The number of benzene rings is 1. The number of rotatable bonds is 23. The van der Waals surface area contributed by atoms with E-state index in [9.17, 15) is 4.79 Å². The Morgan fingerprint density at radius 3 is 2.02 bits per heavy atom. The van der Waals surface area contributed by atoms with E-state index in [0.29, 0.717) is 13.0 Å². The average Bonchev–Trinajstić information content (AvgIpc) is 3.66. The molecule has 43 heavy (non-hydrogen) atoms. The number of nitrogens with one attached hydrogen (secondary N) is 1. The predicted octanol–water partition coefficient (Wildman–Crippen LogP) is 5.78. The van der Waals surface area contributed by atoms with E-state index < -0.39 is 0 Å². The lowest BCUT2D eigenvalue weighted by Crippen LogP contribution is -2.30. The quantitative estimate of drug-likeness (QED) is 0.110. The summed E-state index contributed by atoms with van der Waals surface area (Å²) in [6.45, 7) is 15.4. The molecule has 2 heterocycles. The first kappa shape index (κ1) is 34.5. The van der Waals surface area contributed by atoms with Crippen molar-refractivity contribution in [3.05, 3.63) is 71.8 Å². The third-order valence-electron chi connectivity index (χ3n) is 7.72. The van der Waals surface area contributed by atoms with Gasteiger partial charge < -0.3 is 19.2 Å². The number of unbranched alkanes of at least 4 members (excludes halogenated alkanes) is 2. The smallest absolute Gasteiger partial charge is 0.307 e. The highest BCUT2D eigenvalue weighted by atomic mass is 16.5. The zero-order valence-corrected chi connectivity index (χ0v) is 27.1. The molecule has 1 N–H and O–H groups in total. The zero-order valence-electron chi connectivity index (χ0n) is 27.1. The van der Waals surface area contributed by atoms with Crippen LogP contribution < -0.4 is 0 Å². The summed E-state index contributed by atoms with van der Waals surface area (Å²) in [6.07, 6.45) is 14.6. The van der Waals surface area contributed by atoms with E-state index in [1.165, 1.54) is 43.5 Å². The molecule has 9 heteroatoms. The standard InChI is InChI=1S/C34H55N7O2/c1-5-8-25-43-34(42)15-23-40(22-10-9-21-39(19-6-2)20-7-3)26-30-11-13-31(14-12-30)27-41(28-32-35-16-17-36-32)29-33-37-18-24-38(33)4/h11-14,16-18,24H,5-10,15,19-23,25-29H2,1-4H3,(H,35,36). The van der Waals surface area contributed by atoms with Gasteiger partial charge in [-0.3, -0.25) is 14.6 Å². The van der Waals surface area contributed by atoms with E-state index in [-0.39, 0.29) is 5.97 Å². The average molecular weight is 594 g/mol. The van der Waals surface area contributed by atoms with Gasteiger partial charge in [-0.1, -0.05) is 51.5 Å². The minimum atomic E-state index is -0.0878. The van der Waals surface area contributed by atoms with Crippen molar-refractivity contribution in [3.63, 3.8) is 0 Å². The van der Waals surface area contributed by atoms with Crippen LogP contribution in [0.3, 0.4) is 0 Å². The van der Waals surface area contributed by atoms with Crippen molar-refractivity contribution >= 4 is 5.97 Å². The Morgan fingerprint density at radius 2 is 1.44 bits per heavy atom. The van der Waals surface area contributed by atoms with Crippen LogP contribution in [0.25, 0.3) is 0 Å². The van der Waals surface area contributed by atoms with Gasteiger partial charge in [0.05, 0.1) is 26.1 Å². The van der Waals surface area contributed by atoms with Crippen molar-refractivity contribution in [1.29, 1.82) is 0 Å². The number of esters is 1. The van der Waals surface area contributed by atoms with Gasteiger partial charge in [-0.05, 0) is 69.4 Å². The molecular weight excluding hydrogens is 538 g/mol. The van der Waals surface area contributed by atoms with E-state index in [1.807, 2.05) is 25.6 Å². The number of aryl methyl sites for hydroxylation is 1. The molecule has 0 atom stereocenters. The van der Waals surface area contributed by atoms with Gasteiger partial charge in [-0.25, -0.2) is 9.97 Å². The van der Waals surface area contributed by atoms with Gasteiger partial charge in [0.25, 0.3) is 0 Å². The van der Waals surface area contributed by atoms with Crippen molar-refractivity contribution in [1.82, 2.24) is 34.2 Å². The van der Waals surface area contributed by atoms with Crippen LogP contribution in [0.1, 0.15) is 88.5 Å². The zero-order chi connectivity index (χ0) is 30.7. The maximum atomic E-state index is 12.4. The lowest BCUT2D eigenvalue weighted by Gasteiger charge is -2.24. The molecule has 0 bridgehead atoms. The Balaban J connectivity index is 1.58. The lowest BCUT2D eigenvalue weighted by atomic mass is 10.1. The molecule has 0 aliphatic rings. The molecule has 0 fully saturated rings. The van der Waals surface area contributed by atoms with Crippen LogP contribution in [0.2, 0.25) is 0 Å². The molecule has 238 valence electrons. The van der Waals surface area contributed by atoms with Gasteiger partial charge in [0.15, 0.2) is 0 Å². The molecule has 0 aliphatic carbocycles. The summed E-state index contributed by atoms with van der Waals surface area (Å²) >= 11 is 0. The topological polar surface area (TPSA) is 82.5 Å². The molecule has 0 unspecified atom stereocenters. The van der Waals surface area contributed by atoms with Crippen molar-refractivity contribution in [2.24, 2.45) is 7.05 Å². The number of nitrogens with zero attached hydrogens (tertiary/aromatic N) is 6. The minimum Gasteiger partial charge on any atom is -0.466 e. The minimum absolute atomic E-state index is 0.0878. The third kappa shape index (κ3) is 13.4. The molecule has 0 aliphatic heterocycles. The van der Waals surface area contributed by atoms with E-state index in [2.05, 4.69) is 79.3 Å². The number of ether oxygens (including phenoxy) is 1. The fourth-order valence-electron chi connectivity index (χ4n) is 5.34. The summed E-state index contributed by atoms with van der Waals surface area (Å²) in [5.74, 6) is 1.89. The molecule has 0 amide bonds. The van der Waals surface area contributed by atoms with Gasteiger partial charge in [0, 0.05) is 51.5 Å². The fourth-order valence-corrected chi connectivity index (χ4v) is 5.34. The SMILES string of the molecule is CCCCOC(=O)CCN(CCCCN(CCC)CCC)Cc1ccc(CN(Cc2ncc[nH]2)Cc2nccn2C)cc1. The normalized spacial score (nSPS) is 11.7. The number of imidazole rings is 2. The van der Waals surface area contributed by atoms with Crippen LogP contribution in [0.4, 0.5) is 0 Å². The second kappa shape index (κ2) is 20.0. The highest BCUT2D eigenvalue weighted by Gasteiger charge is 2.14. The van der Waals surface area contributed by atoms with Gasteiger partial charge >= 0.3 is 5.97 Å². The monoisotopic (exact) mass is 593 g/mol. The molecule has 0 saturated carbocycles. The third-order valence-corrected chi connectivity index (χ3v) is 7.72. The van der Waals surface area contributed by atoms with Gasteiger partial charge in [0.2, 0.25) is 0 Å². The fraction of sp³-hybridized carbons (Fsp3) is 0.618. The summed E-state index contributed by atoms with van der Waals surface area (Å²) in [7, 11) is 2.03. The largest absolute Gasteiger partial charge is 0.466 e. The van der Waals surface area contributed by atoms with Crippen molar-refractivity contribution in [2.75, 3.05) is 39.3 Å². The van der Waals surface area contributed by atoms with E-state index in [4.69, 9.17) is 4.74 Å². The van der Waals surface area contributed by atoms with Crippen LogP contribution in [0.5, 0.6) is 0 Å². The summed E-state index contributed by atoms with van der Waals surface area (Å²) < 4.78 is 7.51. The first-order valence-corrected chi connectivity index (χ1v) is 16.4. The number of aromatic nitrogens is 4. The molecular formula is C34H55N7O2. The molecule has 0 radical (unpaired) electrons. The second-order valence-corrected chi connectivity index (χ2v) is 11.6. The Morgan fingerprint density at radius 1 is 0.767 bits per heavy atom. The number of carbonyl (C=O) groups excluding carboxylic acids is 1. The first-order chi connectivity index (χ1) is 21.0. The number of aromatic amines is 1. The maximum absolute atomic E-state index is 12.4. The highest BCUT2D eigenvalue weighted by Crippen LogP contribution is 2.15. The molecule has 2 aromatic heterocycles. The van der Waals surface area contributed by atoms with Crippen molar-refractivity contribution < 1.29 is 9.53 Å². The molecule has 1 aromatic carbocycles. The van der Waals surface area contributed by atoms with E-state index >= 15 is 0 Å². The number of carbonyl (C=O) groups is 1. The summed E-state index contributed by atoms with van der Waals surface area (Å²) in [5.41, 5.74) is 2.52. The highest BCUT2D eigenvalue weighted by molar-refractivity contribution is 5.69. The van der Waals surface area contributed by atoms with Crippen molar-refractivity contribution in [3.8, 4) is 0 Å². The Kier molecular flexibility index (Phi) is 16.1. The summed E-state index contributed by atoms with van der Waals surface area (Å²) in [6, 6.07) is 8.93. The summed E-state index contributed by atoms with van der Waals surface area (Å²) in [4.78, 5) is 31.9. The second-order valence-electron chi connectivity index (χ2n) is 11.6. The molecule has 3 aromatic rings. The van der Waals surface area contributed by atoms with Crippen molar-refractivity contribution in [2.45, 2.75) is 91.9 Å². The Bertz CT molecular complexity index is 1120. The van der Waals surface area contributed by atoms with Crippen LogP contribution in [0, 0.1) is 0 Å². The number of hydrogen-bond donors (Lipinski definition) is 1. The maximum Gasteiger partial charge on any atom is 0.307 e. The van der Waals surface area contributed by atoms with Crippen LogP contribution in [-0.4, -0.2) is 79.5 Å².